The fourth-order valence-corrected chi connectivity index (χ4v) is 3.95. The second-order valence-electron chi connectivity index (χ2n) is 5.94. The number of aromatic hydroxyl groups is 1. The van der Waals surface area contributed by atoms with Crippen molar-refractivity contribution < 1.29 is 27.9 Å². The molecule has 3 N–H and O–H groups in total. The van der Waals surface area contributed by atoms with Gasteiger partial charge in [-0.15, -0.1) is 0 Å². The van der Waals surface area contributed by atoms with Gasteiger partial charge in [-0.2, -0.15) is 8.42 Å². The quantitative estimate of drug-likeness (QED) is 0.621. The van der Waals surface area contributed by atoms with Gasteiger partial charge in [-0.05, 0) is 24.1 Å². The molecule has 0 aromatic heterocycles. The van der Waals surface area contributed by atoms with Crippen molar-refractivity contribution in [2.45, 2.75) is 6.42 Å². The number of amides is 3. The number of urea groups is 1. The van der Waals surface area contributed by atoms with Crippen LogP contribution in [-0.4, -0.2) is 69.8 Å². The maximum atomic E-state index is 12.0. The van der Waals surface area contributed by atoms with E-state index in [9.17, 15) is 23.1 Å². The van der Waals surface area contributed by atoms with Gasteiger partial charge in [-0.1, -0.05) is 6.07 Å². The van der Waals surface area contributed by atoms with Gasteiger partial charge in [0.15, 0.2) is 0 Å². The first-order valence-electron chi connectivity index (χ1n) is 8.12. The Hall–Kier alpha value is -2.53. The number of benzene rings is 1. The van der Waals surface area contributed by atoms with Crippen molar-refractivity contribution in [2.75, 3.05) is 43.7 Å². The predicted octanol–water partition coefficient (Wildman–Crippen LogP) is -0.842. The number of nitrogens with zero attached hydrogens (tertiary/aromatic N) is 2. The molecule has 2 aliphatic rings. The Morgan fingerprint density at radius 3 is 2.65 bits per heavy atom. The predicted molar refractivity (Wildman–Crippen MR) is 92.0 cm³/mol. The van der Waals surface area contributed by atoms with Crippen LogP contribution >= 0.6 is 0 Å². The number of phenols is 1. The first-order chi connectivity index (χ1) is 12.4. The molecule has 0 aliphatic carbocycles. The number of carbonyl (C=O) groups is 2. The average Bonchev–Trinajstić information content (AvgIpc) is 2.88. The Morgan fingerprint density at radius 2 is 2.04 bits per heavy atom. The Morgan fingerprint density at radius 1 is 1.31 bits per heavy atom. The molecule has 10 nitrogen and oxygen atoms in total. The molecule has 0 saturated carbocycles. The third-order valence-corrected chi connectivity index (χ3v) is 5.51. The summed E-state index contributed by atoms with van der Waals surface area (Å²) in [7, 11) is -3.96. The highest BCUT2D eigenvalue weighted by Gasteiger charge is 2.35. The van der Waals surface area contributed by atoms with E-state index in [0.29, 0.717) is 39.3 Å². The fraction of sp³-hybridized carbons (Fsp3) is 0.467. The maximum absolute atomic E-state index is 12.0. The molecular weight excluding hydrogens is 364 g/mol. The van der Waals surface area contributed by atoms with Crippen molar-refractivity contribution in [3.8, 4) is 5.75 Å². The molecule has 1 aromatic carbocycles. The number of hydrogen-bond acceptors (Lipinski definition) is 6. The van der Waals surface area contributed by atoms with Gasteiger partial charge >= 0.3 is 16.2 Å². The molecule has 2 heterocycles. The van der Waals surface area contributed by atoms with E-state index in [0.717, 1.165) is 9.87 Å². The molecule has 0 spiro atoms. The largest absolute Gasteiger partial charge is 0.506 e. The van der Waals surface area contributed by atoms with Crippen LogP contribution in [0.25, 0.3) is 0 Å². The molecule has 0 bridgehead atoms. The van der Waals surface area contributed by atoms with Crippen LogP contribution in [0.5, 0.6) is 5.75 Å². The van der Waals surface area contributed by atoms with Crippen LogP contribution in [-0.2, 0) is 26.2 Å². The number of rotatable bonds is 4. The van der Waals surface area contributed by atoms with Crippen molar-refractivity contribution >= 4 is 27.8 Å². The summed E-state index contributed by atoms with van der Waals surface area (Å²) in [6.07, 6.45) is 0.466. The highest BCUT2D eigenvalue weighted by molar-refractivity contribution is 7.92. The van der Waals surface area contributed by atoms with E-state index in [4.69, 9.17) is 4.74 Å². The number of anilines is 1. The molecule has 3 rings (SSSR count). The van der Waals surface area contributed by atoms with E-state index < -0.39 is 16.1 Å². The number of nitrogens with one attached hydrogen (secondary N) is 2. The third kappa shape index (κ3) is 3.99. The smallest absolute Gasteiger partial charge is 0.326 e. The Balaban J connectivity index is 1.58. The van der Waals surface area contributed by atoms with E-state index >= 15 is 0 Å². The van der Waals surface area contributed by atoms with Crippen molar-refractivity contribution in [3.63, 3.8) is 0 Å². The first-order valence-corrected chi connectivity index (χ1v) is 9.56. The average molecular weight is 384 g/mol. The first kappa shape index (κ1) is 18.3. The molecule has 0 atom stereocenters. The standard InChI is InChI=1S/C15H20N4O6S/c20-13-9-11(3-4-16-15(22)18-5-7-25-8-6-18)1-2-12(13)19-10-14(21)17-26(19,23)24/h1-2,9,20H,3-8,10H2,(H,16,22)(H,17,21). The normalized spacial score (nSPS) is 19.3. The van der Waals surface area contributed by atoms with Gasteiger partial charge in [0.05, 0.1) is 18.9 Å². The summed E-state index contributed by atoms with van der Waals surface area (Å²) in [6.45, 7) is 2.16. The van der Waals surface area contributed by atoms with Crippen LogP contribution in [0.2, 0.25) is 0 Å². The van der Waals surface area contributed by atoms with Gasteiger partial charge in [-0.25, -0.2) is 13.8 Å². The molecule has 11 heteroatoms. The van der Waals surface area contributed by atoms with Gasteiger partial charge in [0, 0.05) is 19.6 Å². The van der Waals surface area contributed by atoms with Gasteiger partial charge < -0.3 is 20.1 Å². The second kappa shape index (κ2) is 7.38. The van der Waals surface area contributed by atoms with Crippen molar-refractivity contribution in [1.82, 2.24) is 14.9 Å². The number of ether oxygens (including phenoxy) is 1. The number of hydrogen-bond donors (Lipinski definition) is 3. The van der Waals surface area contributed by atoms with E-state index in [1.807, 2.05) is 4.72 Å². The number of carbonyl (C=O) groups excluding carboxylic acids is 2. The lowest BCUT2D eigenvalue weighted by Gasteiger charge is -2.26. The maximum Gasteiger partial charge on any atom is 0.326 e. The van der Waals surface area contributed by atoms with Gasteiger partial charge in [0.1, 0.15) is 12.3 Å². The minimum Gasteiger partial charge on any atom is -0.506 e. The van der Waals surface area contributed by atoms with Crippen molar-refractivity contribution in [1.29, 1.82) is 0 Å². The number of phenolic OH excluding ortho intramolecular Hbond substituents is 1. The topological polar surface area (TPSA) is 128 Å². The van der Waals surface area contributed by atoms with Crippen LogP contribution in [0.4, 0.5) is 10.5 Å². The summed E-state index contributed by atoms with van der Waals surface area (Å²) in [5.41, 5.74) is 0.758. The van der Waals surface area contributed by atoms with Crippen LogP contribution in [0.15, 0.2) is 18.2 Å². The monoisotopic (exact) mass is 384 g/mol. The minimum absolute atomic E-state index is 0.0319. The summed E-state index contributed by atoms with van der Waals surface area (Å²) >= 11 is 0. The van der Waals surface area contributed by atoms with E-state index in [2.05, 4.69) is 5.32 Å². The lowest BCUT2D eigenvalue weighted by atomic mass is 10.1. The van der Waals surface area contributed by atoms with Gasteiger partial charge in [0.2, 0.25) is 0 Å². The Kier molecular flexibility index (Phi) is 5.18. The molecule has 26 heavy (non-hydrogen) atoms. The summed E-state index contributed by atoms with van der Waals surface area (Å²) < 4.78 is 31.5. The van der Waals surface area contributed by atoms with Crippen LogP contribution in [0.1, 0.15) is 5.56 Å². The minimum atomic E-state index is -3.96. The molecule has 142 valence electrons. The third-order valence-electron chi connectivity index (χ3n) is 4.12. The highest BCUT2D eigenvalue weighted by Crippen LogP contribution is 2.31. The molecule has 1 aromatic rings. The molecule has 0 unspecified atom stereocenters. The van der Waals surface area contributed by atoms with Crippen molar-refractivity contribution in [2.24, 2.45) is 0 Å². The Labute approximate surface area is 150 Å². The summed E-state index contributed by atoms with van der Waals surface area (Å²) in [5.74, 6) is -0.901. The van der Waals surface area contributed by atoms with E-state index in [1.165, 1.54) is 12.1 Å². The Bertz CT molecular complexity index is 806. The lowest BCUT2D eigenvalue weighted by Crippen LogP contribution is -2.46. The summed E-state index contributed by atoms with van der Waals surface area (Å²) in [6, 6.07) is 4.34. The molecule has 2 saturated heterocycles. The second-order valence-corrected chi connectivity index (χ2v) is 7.54. The van der Waals surface area contributed by atoms with E-state index in [1.54, 1.807) is 11.0 Å². The highest BCUT2D eigenvalue weighted by atomic mass is 32.2. The van der Waals surface area contributed by atoms with Crippen molar-refractivity contribution in [3.05, 3.63) is 23.8 Å². The summed E-state index contributed by atoms with van der Waals surface area (Å²) in [4.78, 5) is 24.9. The molecule has 3 amide bonds. The van der Waals surface area contributed by atoms with Gasteiger partial charge in [0.25, 0.3) is 5.91 Å². The lowest BCUT2D eigenvalue weighted by molar-refractivity contribution is -0.117. The zero-order valence-electron chi connectivity index (χ0n) is 14.0. The zero-order chi connectivity index (χ0) is 18.7. The molecule has 2 fully saturated rings. The van der Waals surface area contributed by atoms with Crippen LogP contribution < -0.4 is 14.3 Å². The zero-order valence-corrected chi connectivity index (χ0v) is 14.8. The van der Waals surface area contributed by atoms with Crippen LogP contribution in [0.3, 0.4) is 0 Å². The summed E-state index contributed by atoms with van der Waals surface area (Å²) in [5, 5.41) is 12.9. The van der Waals surface area contributed by atoms with E-state index in [-0.39, 0.29) is 24.0 Å². The SMILES string of the molecule is O=C1CN(c2ccc(CCNC(=O)N3CCOCC3)cc2O)S(=O)(=O)N1. The van der Waals surface area contributed by atoms with Gasteiger partial charge in [-0.3, -0.25) is 4.79 Å². The number of morpholine rings is 1. The molecular formula is C15H20N4O6S. The van der Waals surface area contributed by atoms with Crippen LogP contribution in [0, 0.1) is 0 Å². The molecule has 2 aliphatic heterocycles. The molecule has 0 radical (unpaired) electrons. The fourth-order valence-electron chi connectivity index (χ4n) is 2.79.